The van der Waals surface area contributed by atoms with Crippen LogP contribution in [0.4, 0.5) is 11.4 Å². The zero-order valence-electron chi connectivity index (χ0n) is 14.8. The molecule has 1 unspecified atom stereocenters. The Bertz CT molecular complexity index is 743. The first-order valence-corrected chi connectivity index (χ1v) is 8.43. The van der Waals surface area contributed by atoms with Crippen LogP contribution in [0.2, 0.25) is 0 Å². The molecule has 0 saturated carbocycles. The van der Waals surface area contributed by atoms with Crippen molar-refractivity contribution in [2.45, 2.75) is 39.7 Å². The van der Waals surface area contributed by atoms with E-state index in [0.29, 0.717) is 23.5 Å². The van der Waals surface area contributed by atoms with E-state index in [4.69, 9.17) is 4.74 Å². The molecule has 2 aromatic rings. The van der Waals surface area contributed by atoms with E-state index in [1.807, 2.05) is 44.2 Å². The molecule has 0 heterocycles. The number of ether oxygens (including phenoxy) is 1. The molecule has 2 rings (SSSR count). The summed E-state index contributed by atoms with van der Waals surface area (Å²) in [5.74, 6) is 0.323. The third-order valence-electron chi connectivity index (χ3n) is 3.70. The Morgan fingerprint density at radius 3 is 2.24 bits per heavy atom. The largest absolute Gasteiger partial charge is 0.481 e. The van der Waals surface area contributed by atoms with Crippen LogP contribution >= 0.6 is 0 Å². The van der Waals surface area contributed by atoms with Gasteiger partial charge in [0.25, 0.3) is 5.91 Å². The standard InChI is InChI=1S/C20H24N2O3/c1-4-9-19(23)21-16-11-6-7-12-17(16)22-20(24)15(3)25-18-13-8-5-10-14(18)2/h5-8,10-13,15H,4,9H2,1-3H3,(H,21,23)(H,22,24). The molecule has 2 amide bonds. The first-order chi connectivity index (χ1) is 12.0. The summed E-state index contributed by atoms with van der Waals surface area (Å²) in [5.41, 5.74) is 2.10. The van der Waals surface area contributed by atoms with E-state index in [9.17, 15) is 9.59 Å². The van der Waals surface area contributed by atoms with Gasteiger partial charge < -0.3 is 15.4 Å². The monoisotopic (exact) mass is 340 g/mol. The minimum Gasteiger partial charge on any atom is -0.481 e. The van der Waals surface area contributed by atoms with Crippen molar-refractivity contribution in [2.24, 2.45) is 0 Å². The van der Waals surface area contributed by atoms with E-state index in [-0.39, 0.29) is 11.8 Å². The molecule has 0 bridgehead atoms. The topological polar surface area (TPSA) is 67.4 Å². The van der Waals surface area contributed by atoms with Crippen LogP contribution in [0.5, 0.6) is 5.75 Å². The highest BCUT2D eigenvalue weighted by Gasteiger charge is 2.17. The van der Waals surface area contributed by atoms with Crippen LogP contribution in [0.1, 0.15) is 32.3 Å². The molecule has 132 valence electrons. The zero-order valence-corrected chi connectivity index (χ0v) is 14.8. The van der Waals surface area contributed by atoms with Crippen LogP contribution < -0.4 is 15.4 Å². The van der Waals surface area contributed by atoms with E-state index in [1.54, 1.807) is 25.1 Å². The smallest absolute Gasteiger partial charge is 0.265 e. The maximum absolute atomic E-state index is 12.4. The van der Waals surface area contributed by atoms with Gasteiger partial charge in [-0.05, 0) is 44.0 Å². The molecule has 0 radical (unpaired) electrons. The van der Waals surface area contributed by atoms with Crippen molar-refractivity contribution in [3.8, 4) is 5.75 Å². The average Bonchev–Trinajstić information content (AvgIpc) is 2.58. The first-order valence-electron chi connectivity index (χ1n) is 8.43. The van der Waals surface area contributed by atoms with E-state index in [1.165, 1.54) is 0 Å². The molecule has 0 saturated heterocycles. The molecule has 0 fully saturated rings. The zero-order chi connectivity index (χ0) is 18.2. The highest BCUT2D eigenvalue weighted by molar-refractivity contribution is 6.00. The maximum Gasteiger partial charge on any atom is 0.265 e. The quantitative estimate of drug-likeness (QED) is 0.796. The molecular weight excluding hydrogens is 316 g/mol. The third-order valence-corrected chi connectivity index (χ3v) is 3.70. The average molecular weight is 340 g/mol. The Morgan fingerprint density at radius 2 is 1.60 bits per heavy atom. The van der Waals surface area contributed by atoms with Crippen molar-refractivity contribution in [1.82, 2.24) is 0 Å². The number of anilines is 2. The number of carbonyl (C=O) groups excluding carboxylic acids is 2. The molecule has 0 aromatic heterocycles. The molecule has 2 N–H and O–H groups in total. The summed E-state index contributed by atoms with van der Waals surface area (Å²) < 4.78 is 5.74. The molecule has 0 aliphatic heterocycles. The normalized spacial score (nSPS) is 11.5. The van der Waals surface area contributed by atoms with E-state index >= 15 is 0 Å². The van der Waals surface area contributed by atoms with Crippen LogP contribution in [-0.4, -0.2) is 17.9 Å². The van der Waals surface area contributed by atoms with Gasteiger partial charge in [-0.25, -0.2) is 0 Å². The lowest BCUT2D eigenvalue weighted by Crippen LogP contribution is -2.30. The van der Waals surface area contributed by atoms with Gasteiger partial charge in [0.15, 0.2) is 6.10 Å². The van der Waals surface area contributed by atoms with Gasteiger partial charge in [0.1, 0.15) is 5.75 Å². The first kappa shape index (κ1) is 18.5. The van der Waals surface area contributed by atoms with E-state index in [0.717, 1.165) is 12.0 Å². The second-order valence-electron chi connectivity index (χ2n) is 5.86. The molecule has 0 aliphatic carbocycles. The summed E-state index contributed by atoms with van der Waals surface area (Å²) in [7, 11) is 0. The predicted octanol–water partition coefficient (Wildman–Crippen LogP) is 4.14. The molecular formula is C20H24N2O3. The summed E-state index contributed by atoms with van der Waals surface area (Å²) in [4.78, 5) is 24.3. The highest BCUT2D eigenvalue weighted by Crippen LogP contribution is 2.23. The second-order valence-corrected chi connectivity index (χ2v) is 5.86. The lowest BCUT2D eigenvalue weighted by atomic mass is 10.2. The fraction of sp³-hybridized carbons (Fsp3) is 0.300. The van der Waals surface area contributed by atoms with Gasteiger partial charge in [-0.1, -0.05) is 37.3 Å². The van der Waals surface area contributed by atoms with Gasteiger partial charge in [-0.3, -0.25) is 9.59 Å². The Balaban J connectivity index is 2.05. The summed E-state index contributed by atoms with van der Waals surface area (Å²) in [6.07, 6.45) is 0.539. The summed E-state index contributed by atoms with van der Waals surface area (Å²) >= 11 is 0. The number of hydrogen-bond acceptors (Lipinski definition) is 3. The molecule has 0 aliphatic rings. The molecule has 5 heteroatoms. The lowest BCUT2D eigenvalue weighted by Gasteiger charge is -2.17. The van der Waals surface area contributed by atoms with Crippen molar-refractivity contribution in [3.63, 3.8) is 0 Å². The van der Waals surface area contributed by atoms with Crippen LogP contribution in [0.15, 0.2) is 48.5 Å². The maximum atomic E-state index is 12.4. The fourth-order valence-electron chi connectivity index (χ4n) is 2.31. The molecule has 5 nitrogen and oxygen atoms in total. The van der Waals surface area contributed by atoms with Crippen LogP contribution in [-0.2, 0) is 9.59 Å². The number of amides is 2. The van der Waals surface area contributed by atoms with Gasteiger partial charge in [0, 0.05) is 6.42 Å². The SMILES string of the molecule is CCCC(=O)Nc1ccccc1NC(=O)C(C)Oc1ccccc1C. The molecule has 0 spiro atoms. The number of aryl methyl sites for hydroxylation is 1. The molecule has 2 aromatic carbocycles. The summed E-state index contributed by atoms with van der Waals surface area (Å²) in [5, 5.41) is 5.64. The number of nitrogens with one attached hydrogen (secondary N) is 2. The third kappa shape index (κ3) is 5.35. The second kappa shape index (κ2) is 8.87. The highest BCUT2D eigenvalue weighted by atomic mass is 16.5. The van der Waals surface area contributed by atoms with Gasteiger partial charge in [-0.15, -0.1) is 0 Å². The number of benzene rings is 2. The van der Waals surface area contributed by atoms with Crippen molar-refractivity contribution < 1.29 is 14.3 Å². The number of hydrogen-bond donors (Lipinski definition) is 2. The summed E-state index contributed by atoms with van der Waals surface area (Å²) in [6.45, 7) is 5.57. The van der Waals surface area contributed by atoms with E-state index < -0.39 is 6.10 Å². The Kier molecular flexibility index (Phi) is 6.57. The Hall–Kier alpha value is -2.82. The number of rotatable bonds is 7. The summed E-state index contributed by atoms with van der Waals surface area (Å²) in [6, 6.07) is 14.7. The van der Waals surface area contributed by atoms with Crippen molar-refractivity contribution >= 4 is 23.2 Å². The van der Waals surface area contributed by atoms with Crippen molar-refractivity contribution in [3.05, 3.63) is 54.1 Å². The van der Waals surface area contributed by atoms with Crippen molar-refractivity contribution in [1.29, 1.82) is 0 Å². The van der Waals surface area contributed by atoms with Crippen LogP contribution in [0.3, 0.4) is 0 Å². The molecule has 25 heavy (non-hydrogen) atoms. The van der Waals surface area contributed by atoms with Gasteiger partial charge >= 0.3 is 0 Å². The Morgan fingerprint density at radius 1 is 1.00 bits per heavy atom. The van der Waals surface area contributed by atoms with Gasteiger partial charge in [-0.2, -0.15) is 0 Å². The number of carbonyl (C=O) groups is 2. The molecule has 1 atom stereocenters. The number of para-hydroxylation sites is 3. The minimum absolute atomic E-state index is 0.0755. The van der Waals surface area contributed by atoms with Crippen LogP contribution in [0, 0.1) is 6.92 Å². The lowest BCUT2D eigenvalue weighted by molar-refractivity contribution is -0.122. The van der Waals surface area contributed by atoms with Gasteiger partial charge in [0.2, 0.25) is 5.91 Å². The Labute approximate surface area is 148 Å². The van der Waals surface area contributed by atoms with Crippen molar-refractivity contribution in [2.75, 3.05) is 10.6 Å². The minimum atomic E-state index is -0.666. The van der Waals surface area contributed by atoms with E-state index in [2.05, 4.69) is 10.6 Å². The fourth-order valence-corrected chi connectivity index (χ4v) is 2.31. The predicted molar refractivity (Wildman–Crippen MR) is 99.9 cm³/mol. The van der Waals surface area contributed by atoms with Gasteiger partial charge in [0.05, 0.1) is 11.4 Å². The van der Waals surface area contributed by atoms with Crippen LogP contribution in [0.25, 0.3) is 0 Å².